The van der Waals surface area contributed by atoms with Crippen molar-refractivity contribution >= 4 is 27.3 Å². The van der Waals surface area contributed by atoms with E-state index in [9.17, 15) is 5.11 Å². The first-order valence-corrected chi connectivity index (χ1v) is 5.83. The minimum absolute atomic E-state index is 0.00426. The van der Waals surface area contributed by atoms with Gasteiger partial charge in [0.25, 0.3) is 0 Å². The summed E-state index contributed by atoms with van der Waals surface area (Å²) in [6, 6.07) is 2.11. The lowest BCUT2D eigenvalue weighted by molar-refractivity contribution is -0.135. The van der Waals surface area contributed by atoms with Gasteiger partial charge >= 0.3 is 0 Å². The summed E-state index contributed by atoms with van der Waals surface area (Å²) < 4.78 is 6.27. The summed E-state index contributed by atoms with van der Waals surface area (Å²) in [7, 11) is 0. The lowest BCUT2D eigenvalue weighted by Crippen LogP contribution is -2.47. The van der Waals surface area contributed by atoms with Crippen LogP contribution in [-0.2, 0) is 11.2 Å². The van der Waals surface area contributed by atoms with Crippen LogP contribution in [0.5, 0.6) is 0 Å². The topological polar surface area (TPSA) is 29.5 Å². The van der Waals surface area contributed by atoms with Crippen LogP contribution < -0.4 is 0 Å². The molecule has 1 N–H and O–H groups in total. The minimum atomic E-state index is 0.00426. The highest BCUT2D eigenvalue weighted by molar-refractivity contribution is 9.10. The van der Waals surface area contributed by atoms with E-state index in [4.69, 9.17) is 4.74 Å². The van der Waals surface area contributed by atoms with Gasteiger partial charge in [-0.15, -0.1) is 11.3 Å². The maximum absolute atomic E-state index is 9.22. The predicted molar refractivity (Wildman–Crippen MR) is 56.1 cm³/mol. The van der Waals surface area contributed by atoms with Crippen LogP contribution in [0.25, 0.3) is 0 Å². The van der Waals surface area contributed by atoms with Crippen molar-refractivity contribution in [1.82, 2.24) is 0 Å². The van der Waals surface area contributed by atoms with Gasteiger partial charge in [-0.3, -0.25) is 0 Å². The number of hydrogen-bond donors (Lipinski definition) is 1. The molecule has 0 atom stereocenters. The number of thiophene rings is 1. The molecule has 0 spiro atoms. The van der Waals surface area contributed by atoms with Gasteiger partial charge in [0.1, 0.15) is 0 Å². The minimum Gasteiger partial charge on any atom is -0.396 e. The van der Waals surface area contributed by atoms with E-state index in [1.54, 1.807) is 11.3 Å². The SMILES string of the molecule is OCC1(Cc2cc(Br)cs2)COC1. The van der Waals surface area contributed by atoms with Crippen LogP contribution in [0.2, 0.25) is 0 Å². The zero-order chi connectivity index (χ0) is 9.31. The molecular formula is C9H11BrO2S. The summed E-state index contributed by atoms with van der Waals surface area (Å²) in [6.07, 6.45) is 0.930. The first-order valence-electron chi connectivity index (χ1n) is 4.16. The fourth-order valence-corrected chi connectivity index (χ4v) is 3.08. The third-order valence-corrected chi connectivity index (χ3v) is 4.02. The van der Waals surface area contributed by atoms with E-state index in [1.807, 2.05) is 0 Å². The lowest BCUT2D eigenvalue weighted by Gasteiger charge is -2.39. The highest BCUT2D eigenvalue weighted by Gasteiger charge is 2.38. The molecule has 4 heteroatoms. The smallest absolute Gasteiger partial charge is 0.0570 e. The molecule has 0 aromatic carbocycles. The molecule has 1 aromatic heterocycles. The van der Waals surface area contributed by atoms with Crippen LogP contribution in [0.4, 0.5) is 0 Å². The highest BCUT2D eigenvalue weighted by Crippen LogP contribution is 2.33. The molecule has 2 heterocycles. The van der Waals surface area contributed by atoms with Crippen LogP contribution in [0.3, 0.4) is 0 Å². The molecule has 0 unspecified atom stereocenters. The number of rotatable bonds is 3. The van der Waals surface area contributed by atoms with Gasteiger partial charge in [-0.2, -0.15) is 0 Å². The van der Waals surface area contributed by atoms with Gasteiger partial charge in [0.2, 0.25) is 0 Å². The van der Waals surface area contributed by atoms with E-state index in [1.165, 1.54) is 4.88 Å². The van der Waals surface area contributed by atoms with Crippen molar-refractivity contribution in [3.63, 3.8) is 0 Å². The standard InChI is InChI=1S/C9H11BrO2S/c10-7-1-8(13-3-7)2-9(4-11)5-12-6-9/h1,3,11H,2,4-6H2. The molecule has 2 rings (SSSR count). The predicted octanol–water partition coefficient (Wildman–Crippen LogP) is 2.06. The van der Waals surface area contributed by atoms with Gasteiger partial charge < -0.3 is 9.84 Å². The molecule has 0 saturated carbocycles. The Labute approximate surface area is 89.7 Å². The molecule has 1 saturated heterocycles. The Morgan fingerprint density at radius 2 is 2.38 bits per heavy atom. The van der Waals surface area contributed by atoms with Crippen molar-refractivity contribution in [2.75, 3.05) is 19.8 Å². The van der Waals surface area contributed by atoms with Gasteiger partial charge in [0.15, 0.2) is 0 Å². The molecule has 0 bridgehead atoms. The Kier molecular flexibility index (Phi) is 2.74. The number of aliphatic hydroxyl groups excluding tert-OH is 1. The Hall–Kier alpha value is 0.1000. The molecule has 0 amide bonds. The fourth-order valence-electron chi connectivity index (χ4n) is 1.46. The molecule has 72 valence electrons. The van der Waals surface area contributed by atoms with Gasteiger partial charge in [0, 0.05) is 20.1 Å². The first kappa shape index (κ1) is 9.65. The van der Waals surface area contributed by atoms with Crippen LogP contribution in [-0.4, -0.2) is 24.9 Å². The molecule has 13 heavy (non-hydrogen) atoms. The van der Waals surface area contributed by atoms with Gasteiger partial charge in [-0.05, 0) is 28.4 Å². The molecular weight excluding hydrogens is 252 g/mol. The third kappa shape index (κ3) is 1.96. The van der Waals surface area contributed by atoms with Crippen LogP contribution >= 0.6 is 27.3 Å². The Balaban J connectivity index is 2.04. The second-order valence-corrected chi connectivity index (χ2v) is 5.47. The summed E-state index contributed by atoms with van der Waals surface area (Å²) in [5.41, 5.74) is 0.00426. The average Bonchev–Trinajstić information content (AvgIpc) is 2.44. The number of halogens is 1. The molecule has 0 radical (unpaired) electrons. The average molecular weight is 263 g/mol. The summed E-state index contributed by atoms with van der Waals surface area (Å²) in [6.45, 7) is 1.61. The van der Waals surface area contributed by atoms with E-state index >= 15 is 0 Å². The van der Waals surface area contributed by atoms with Gasteiger partial charge in [-0.1, -0.05) is 0 Å². The summed E-state index contributed by atoms with van der Waals surface area (Å²) >= 11 is 5.15. The zero-order valence-electron chi connectivity index (χ0n) is 7.12. The van der Waals surface area contributed by atoms with Crippen molar-refractivity contribution in [2.45, 2.75) is 6.42 Å². The number of hydrogen-bond acceptors (Lipinski definition) is 3. The molecule has 1 aliphatic heterocycles. The van der Waals surface area contributed by atoms with E-state index in [2.05, 4.69) is 27.4 Å². The lowest BCUT2D eigenvalue weighted by atomic mass is 9.83. The summed E-state index contributed by atoms with van der Waals surface area (Å²) in [4.78, 5) is 1.31. The van der Waals surface area contributed by atoms with Crippen molar-refractivity contribution in [2.24, 2.45) is 5.41 Å². The fraction of sp³-hybridized carbons (Fsp3) is 0.556. The largest absolute Gasteiger partial charge is 0.396 e. The summed E-state index contributed by atoms with van der Waals surface area (Å²) in [5.74, 6) is 0. The third-order valence-electron chi connectivity index (χ3n) is 2.32. The van der Waals surface area contributed by atoms with Crippen LogP contribution in [0.15, 0.2) is 15.9 Å². The zero-order valence-corrected chi connectivity index (χ0v) is 9.53. The van der Waals surface area contributed by atoms with Gasteiger partial charge in [0.05, 0.1) is 19.8 Å². The molecule has 0 aliphatic carbocycles. The van der Waals surface area contributed by atoms with Crippen molar-refractivity contribution in [3.05, 3.63) is 20.8 Å². The molecule has 1 aromatic rings. The first-order chi connectivity index (χ1) is 6.24. The molecule has 2 nitrogen and oxygen atoms in total. The quantitative estimate of drug-likeness (QED) is 0.904. The summed E-state index contributed by atoms with van der Waals surface area (Å²) in [5, 5.41) is 11.3. The van der Waals surface area contributed by atoms with Crippen molar-refractivity contribution in [3.8, 4) is 0 Å². The Morgan fingerprint density at radius 1 is 1.62 bits per heavy atom. The number of ether oxygens (including phenoxy) is 1. The molecule has 1 aliphatic rings. The second kappa shape index (κ2) is 3.69. The monoisotopic (exact) mass is 262 g/mol. The Bertz CT molecular complexity index is 288. The normalized spacial score (nSPS) is 19.8. The maximum atomic E-state index is 9.22. The van der Waals surface area contributed by atoms with E-state index in [-0.39, 0.29) is 12.0 Å². The second-order valence-electron chi connectivity index (χ2n) is 3.56. The maximum Gasteiger partial charge on any atom is 0.0570 e. The van der Waals surface area contributed by atoms with Crippen molar-refractivity contribution in [1.29, 1.82) is 0 Å². The Morgan fingerprint density at radius 3 is 2.77 bits per heavy atom. The molecule has 1 fully saturated rings. The van der Waals surface area contributed by atoms with Crippen LogP contribution in [0.1, 0.15) is 4.88 Å². The van der Waals surface area contributed by atoms with E-state index in [0.29, 0.717) is 13.2 Å². The number of aliphatic hydroxyl groups is 1. The van der Waals surface area contributed by atoms with Crippen LogP contribution in [0, 0.1) is 5.41 Å². The van der Waals surface area contributed by atoms with Crippen molar-refractivity contribution < 1.29 is 9.84 Å². The van der Waals surface area contributed by atoms with E-state index < -0.39 is 0 Å². The van der Waals surface area contributed by atoms with Gasteiger partial charge in [-0.25, -0.2) is 0 Å². The highest BCUT2D eigenvalue weighted by atomic mass is 79.9. The van der Waals surface area contributed by atoms with E-state index in [0.717, 1.165) is 10.9 Å².